The van der Waals surface area contributed by atoms with Gasteiger partial charge < -0.3 is 9.64 Å². The molecule has 2 aromatic heterocycles. The van der Waals surface area contributed by atoms with Crippen molar-refractivity contribution in [2.45, 2.75) is 19.4 Å². The van der Waals surface area contributed by atoms with Crippen LogP contribution in [0.2, 0.25) is 0 Å². The number of nitrogens with zero attached hydrogens (tertiary/aromatic N) is 5. The topological polar surface area (TPSA) is 86.3 Å². The molecule has 23 heavy (non-hydrogen) atoms. The maximum atomic E-state index is 11.3. The molecule has 1 unspecified atom stereocenters. The lowest BCUT2D eigenvalue weighted by atomic mass is 9.97. The van der Waals surface area contributed by atoms with Gasteiger partial charge in [-0.25, -0.2) is 4.98 Å². The number of nitro groups is 1. The molecule has 8 nitrogen and oxygen atoms in total. The highest BCUT2D eigenvalue weighted by Gasteiger charge is 2.37. The Kier molecular flexibility index (Phi) is 3.77. The zero-order chi connectivity index (χ0) is 16.6. The average Bonchev–Trinajstić information content (AvgIpc) is 2.94. The summed E-state index contributed by atoms with van der Waals surface area (Å²) in [6.07, 6.45) is 5.32. The number of morpholine rings is 1. The van der Waals surface area contributed by atoms with Crippen LogP contribution in [0.25, 0.3) is 0 Å². The van der Waals surface area contributed by atoms with Crippen LogP contribution in [0, 0.1) is 17.0 Å². The minimum absolute atomic E-state index is 0.0282. The molecule has 0 spiro atoms. The van der Waals surface area contributed by atoms with Crippen LogP contribution in [0.15, 0.2) is 24.7 Å². The summed E-state index contributed by atoms with van der Waals surface area (Å²) >= 11 is 0. The Morgan fingerprint density at radius 3 is 2.87 bits per heavy atom. The number of anilines is 1. The number of pyridine rings is 1. The summed E-state index contributed by atoms with van der Waals surface area (Å²) < 4.78 is 7.67. The Balaban J connectivity index is 1.94. The molecule has 0 N–H and O–H groups in total. The van der Waals surface area contributed by atoms with Gasteiger partial charge in [0.05, 0.1) is 24.3 Å². The van der Waals surface area contributed by atoms with Crippen LogP contribution in [-0.4, -0.2) is 39.4 Å². The standard InChI is InChI=1S/C15H19N5O3/c1-11-6-13(20(21)22)14(16-7-11)19-4-5-23-15(2,10-19)12-8-17-18(3)9-12/h6-9H,4-5,10H2,1-3H3. The molecule has 0 radical (unpaired) electrons. The minimum Gasteiger partial charge on any atom is -0.367 e. The zero-order valence-electron chi connectivity index (χ0n) is 13.4. The summed E-state index contributed by atoms with van der Waals surface area (Å²) in [4.78, 5) is 17.2. The molecule has 3 heterocycles. The van der Waals surface area contributed by atoms with E-state index >= 15 is 0 Å². The highest BCUT2D eigenvalue weighted by Crippen LogP contribution is 2.34. The van der Waals surface area contributed by atoms with E-state index < -0.39 is 5.60 Å². The van der Waals surface area contributed by atoms with Crippen molar-refractivity contribution in [2.24, 2.45) is 7.05 Å². The van der Waals surface area contributed by atoms with E-state index in [1.165, 1.54) is 0 Å². The van der Waals surface area contributed by atoms with Crippen LogP contribution in [0.5, 0.6) is 0 Å². The first-order valence-electron chi connectivity index (χ1n) is 7.38. The van der Waals surface area contributed by atoms with E-state index in [4.69, 9.17) is 4.74 Å². The monoisotopic (exact) mass is 317 g/mol. The molecule has 3 rings (SSSR count). The molecule has 1 aliphatic rings. The lowest BCUT2D eigenvalue weighted by Gasteiger charge is -2.40. The van der Waals surface area contributed by atoms with Gasteiger partial charge >= 0.3 is 5.69 Å². The van der Waals surface area contributed by atoms with Crippen molar-refractivity contribution in [3.05, 3.63) is 45.9 Å². The second-order valence-corrected chi connectivity index (χ2v) is 6.02. The van der Waals surface area contributed by atoms with Gasteiger partial charge in [0.2, 0.25) is 5.82 Å². The van der Waals surface area contributed by atoms with Gasteiger partial charge in [-0.05, 0) is 19.4 Å². The van der Waals surface area contributed by atoms with Crippen LogP contribution in [0.3, 0.4) is 0 Å². The van der Waals surface area contributed by atoms with Crippen molar-refractivity contribution in [3.8, 4) is 0 Å². The molecule has 0 saturated carbocycles. The van der Waals surface area contributed by atoms with E-state index in [9.17, 15) is 10.1 Å². The van der Waals surface area contributed by atoms with Gasteiger partial charge in [-0.2, -0.15) is 5.10 Å². The molecule has 8 heteroatoms. The molecule has 1 saturated heterocycles. The van der Waals surface area contributed by atoms with E-state index in [2.05, 4.69) is 10.1 Å². The first-order valence-corrected chi connectivity index (χ1v) is 7.38. The molecule has 122 valence electrons. The van der Waals surface area contributed by atoms with Gasteiger partial charge in [0.15, 0.2) is 0 Å². The van der Waals surface area contributed by atoms with Crippen molar-refractivity contribution >= 4 is 11.5 Å². The fourth-order valence-corrected chi connectivity index (χ4v) is 2.84. The third-order valence-electron chi connectivity index (χ3n) is 4.07. The second kappa shape index (κ2) is 5.62. The molecule has 1 fully saturated rings. The lowest BCUT2D eigenvalue weighted by molar-refractivity contribution is -0.384. The SMILES string of the molecule is Cc1cnc(N2CCOC(C)(c3cnn(C)c3)C2)c([N+](=O)[O-])c1. The van der Waals surface area contributed by atoms with E-state index in [0.29, 0.717) is 25.5 Å². The van der Waals surface area contributed by atoms with Crippen molar-refractivity contribution in [1.29, 1.82) is 0 Å². The number of rotatable bonds is 3. The van der Waals surface area contributed by atoms with Crippen LogP contribution in [0.1, 0.15) is 18.1 Å². The van der Waals surface area contributed by atoms with E-state index in [1.807, 2.05) is 25.1 Å². The van der Waals surface area contributed by atoms with Crippen molar-refractivity contribution in [2.75, 3.05) is 24.6 Å². The van der Waals surface area contributed by atoms with Gasteiger partial charge in [-0.3, -0.25) is 14.8 Å². The van der Waals surface area contributed by atoms with Crippen LogP contribution < -0.4 is 4.90 Å². The summed E-state index contributed by atoms with van der Waals surface area (Å²) in [5.41, 5.74) is 1.16. The number of hydrogen-bond donors (Lipinski definition) is 0. The molecule has 0 aromatic carbocycles. The van der Waals surface area contributed by atoms with Gasteiger partial charge in [-0.15, -0.1) is 0 Å². The van der Waals surface area contributed by atoms with Gasteiger partial charge in [0.25, 0.3) is 0 Å². The first-order chi connectivity index (χ1) is 10.9. The molecular weight excluding hydrogens is 298 g/mol. The largest absolute Gasteiger partial charge is 0.367 e. The molecule has 2 aromatic rings. The molecule has 1 atom stereocenters. The fraction of sp³-hybridized carbons (Fsp3) is 0.467. The predicted molar refractivity (Wildman–Crippen MR) is 84.4 cm³/mol. The second-order valence-electron chi connectivity index (χ2n) is 6.02. The van der Waals surface area contributed by atoms with Gasteiger partial charge in [0, 0.05) is 37.6 Å². The van der Waals surface area contributed by atoms with E-state index in [-0.39, 0.29) is 10.6 Å². The third-order valence-corrected chi connectivity index (χ3v) is 4.07. The van der Waals surface area contributed by atoms with Crippen LogP contribution >= 0.6 is 0 Å². The summed E-state index contributed by atoms with van der Waals surface area (Å²) in [6.45, 7) is 5.28. The lowest BCUT2D eigenvalue weighted by Crippen LogP contribution is -2.48. The fourth-order valence-electron chi connectivity index (χ4n) is 2.84. The molecule has 1 aliphatic heterocycles. The van der Waals surface area contributed by atoms with Crippen molar-refractivity contribution in [1.82, 2.24) is 14.8 Å². The third kappa shape index (κ3) is 2.89. The normalized spacial score (nSPS) is 21.4. The maximum Gasteiger partial charge on any atom is 0.311 e. The maximum absolute atomic E-state index is 11.3. The highest BCUT2D eigenvalue weighted by molar-refractivity contribution is 5.59. The average molecular weight is 317 g/mol. The quantitative estimate of drug-likeness (QED) is 0.633. The molecule has 0 bridgehead atoms. The molecule has 0 aliphatic carbocycles. The Morgan fingerprint density at radius 2 is 2.22 bits per heavy atom. The van der Waals surface area contributed by atoms with E-state index in [0.717, 1.165) is 11.1 Å². The summed E-state index contributed by atoms with van der Waals surface area (Å²) in [5, 5.41) is 15.5. The summed E-state index contributed by atoms with van der Waals surface area (Å²) in [6, 6.07) is 1.55. The summed E-state index contributed by atoms with van der Waals surface area (Å²) in [5.74, 6) is 0.388. The number of ether oxygens (including phenoxy) is 1. The number of hydrogen-bond acceptors (Lipinski definition) is 6. The van der Waals surface area contributed by atoms with Crippen LogP contribution in [-0.2, 0) is 17.4 Å². The smallest absolute Gasteiger partial charge is 0.311 e. The Labute approximate surface area is 133 Å². The van der Waals surface area contributed by atoms with Crippen LogP contribution in [0.4, 0.5) is 11.5 Å². The molecule has 0 amide bonds. The Morgan fingerprint density at radius 1 is 1.43 bits per heavy atom. The number of aryl methyl sites for hydroxylation is 2. The van der Waals surface area contributed by atoms with Crippen molar-refractivity contribution < 1.29 is 9.66 Å². The Bertz CT molecular complexity index is 744. The zero-order valence-corrected chi connectivity index (χ0v) is 13.4. The predicted octanol–water partition coefficient (Wildman–Crippen LogP) is 1.78. The summed E-state index contributed by atoms with van der Waals surface area (Å²) in [7, 11) is 1.85. The first kappa shape index (κ1) is 15.4. The van der Waals surface area contributed by atoms with Gasteiger partial charge in [-0.1, -0.05) is 0 Å². The minimum atomic E-state index is -0.576. The van der Waals surface area contributed by atoms with Crippen molar-refractivity contribution in [3.63, 3.8) is 0 Å². The number of aromatic nitrogens is 3. The van der Waals surface area contributed by atoms with Gasteiger partial charge in [0.1, 0.15) is 5.60 Å². The van der Waals surface area contributed by atoms with E-state index in [1.54, 1.807) is 30.1 Å². The molecular formula is C15H19N5O3. The Hall–Kier alpha value is -2.48. The highest BCUT2D eigenvalue weighted by atomic mass is 16.6.